The predicted octanol–water partition coefficient (Wildman–Crippen LogP) is 5.72. The number of aliphatic hydroxyl groups excluding tert-OH is 2. The number of nitrogens with zero attached hydrogens (tertiary/aromatic N) is 1. The number of carboxylic acids is 1. The molecule has 0 bridgehead atoms. The van der Waals surface area contributed by atoms with Gasteiger partial charge in [0.25, 0.3) is 0 Å². The highest BCUT2D eigenvalue weighted by molar-refractivity contribution is 5.66. The fourth-order valence-electron chi connectivity index (χ4n) is 6.20. The lowest BCUT2D eigenvalue weighted by molar-refractivity contribution is -0.137. The van der Waals surface area contributed by atoms with Crippen LogP contribution in [0.2, 0.25) is 0 Å². The highest BCUT2D eigenvalue weighted by Crippen LogP contribution is 2.54. The molecule has 5 nitrogen and oxygen atoms in total. The molecule has 2 aliphatic carbocycles. The lowest BCUT2D eigenvalue weighted by Gasteiger charge is -2.46. The largest absolute Gasteiger partial charge is 0.481 e. The number of hydrogen-bond donors (Lipinski definition) is 3. The van der Waals surface area contributed by atoms with Gasteiger partial charge in [-0.05, 0) is 55.6 Å². The van der Waals surface area contributed by atoms with Crippen molar-refractivity contribution >= 4 is 5.97 Å². The third-order valence-electron chi connectivity index (χ3n) is 8.02. The van der Waals surface area contributed by atoms with Crippen LogP contribution in [0.15, 0.2) is 24.3 Å². The molecule has 0 radical (unpaired) electrons. The van der Waals surface area contributed by atoms with Crippen LogP contribution in [0.4, 0.5) is 0 Å². The van der Waals surface area contributed by atoms with Crippen LogP contribution in [-0.2, 0) is 4.79 Å². The summed E-state index contributed by atoms with van der Waals surface area (Å²) >= 11 is 0. The van der Waals surface area contributed by atoms with E-state index in [0.717, 1.165) is 62.5 Å². The molecule has 2 fully saturated rings. The second-order valence-corrected chi connectivity index (χ2v) is 10.1. The highest BCUT2D eigenvalue weighted by atomic mass is 16.4. The Morgan fingerprint density at radius 2 is 2.00 bits per heavy atom. The molecule has 2 aliphatic rings. The van der Waals surface area contributed by atoms with Gasteiger partial charge in [0.15, 0.2) is 0 Å². The van der Waals surface area contributed by atoms with Crippen molar-refractivity contribution in [2.24, 2.45) is 17.3 Å². The molecule has 0 heterocycles. The molecule has 0 aliphatic heterocycles. The summed E-state index contributed by atoms with van der Waals surface area (Å²) in [4.78, 5) is 10.7. The number of carboxylic acid groups (broad SMARTS) is 1. The lowest BCUT2D eigenvalue weighted by atomic mass is 9.61. The van der Waals surface area contributed by atoms with E-state index in [1.165, 1.54) is 6.42 Å². The Morgan fingerprint density at radius 1 is 1.25 bits per heavy atom. The van der Waals surface area contributed by atoms with E-state index in [1.807, 2.05) is 18.2 Å². The number of unbranched alkanes of at least 4 members (excludes halogenated alkanes) is 3. The molecule has 0 aromatic heterocycles. The number of hydrogen-bond acceptors (Lipinski definition) is 4. The number of aliphatic carboxylic acids is 1. The van der Waals surface area contributed by atoms with Gasteiger partial charge >= 0.3 is 5.97 Å². The Bertz CT molecular complexity index is 797. The van der Waals surface area contributed by atoms with Crippen molar-refractivity contribution in [1.29, 1.82) is 5.26 Å². The van der Waals surface area contributed by atoms with E-state index in [-0.39, 0.29) is 29.6 Å². The summed E-state index contributed by atoms with van der Waals surface area (Å²) in [6, 6.07) is 10.5. The van der Waals surface area contributed by atoms with Crippen molar-refractivity contribution in [3.8, 4) is 6.07 Å². The molecule has 1 aromatic carbocycles. The quantitative estimate of drug-likeness (QED) is 0.360. The second-order valence-electron chi connectivity index (χ2n) is 10.1. The van der Waals surface area contributed by atoms with Gasteiger partial charge in [-0.1, -0.05) is 63.3 Å². The molecule has 5 heteroatoms. The summed E-state index contributed by atoms with van der Waals surface area (Å²) < 4.78 is 0. The first kappa shape index (κ1) is 24.7. The molecule has 5 atom stereocenters. The SMILES string of the molecule is CCCC1(C(O)c2cccc(C3C(CCCCCCC(=O)O)[C@H](C#N)C[C@H]3O)c2)CCC1. The molecule has 3 unspecified atom stereocenters. The van der Waals surface area contributed by atoms with Gasteiger partial charge in [-0.2, -0.15) is 5.26 Å². The van der Waals surface area contributed by atoms with Crippen LogP contribution in [0.25, 0.3) is 0 Å². The maximum absolute atomic E-state index is 11.2. The smallest absolute Gasteiger partial charge is 0.303 e. The lowest BCUT2D eigenvalue weighted by Crippen LogP contribution is -2.36. The van der Waals surface area contributed by atoms with Crippen LogP contribution >= 0.6 is 0 Å². The van der Waals surface area contributed by atoms with E-state index in [0.29, 0.717) is 12.8 Å². The van der Waals surface area contributed by atoms with E-state index in [2.05, 4.69) is 19.1 Å². The minimum Gasteiger partial charge on any atom is -0.481 e. The summed E-state index contributed by atoms with van der Waals surface area (Å²) in [6.45, 7) is 2.17. The first-order valence-electron chi connectivity index (χ1n) is 12.5. The molecular formula is C27H39NO4. The normalized spacial score (nSPS) is 27.4. The average molecular weight is 442 g/mol. The standard InChI is InChI=1S/C27H39NO4/c1-2-13-27(14-8-15-27)26(32)20-10-7-9-19(16-20)25-22(21(18-28)17-23(25)29)11-5-3-4-6-12-24(30)31/h7,9-10,16,21-23,25-26,29,32H,2-6,8,11-15,17H2,1H3,(H,30,31)/t21-,22?,23+,25?,26?/m0/s1. The van der Waals surface area contributed by atoms with Crippen LogP contribution in [0.1, 0.15) is 107 Å². The van der Waals surface area contributed by atoms with Crippen molar-refractivity contribution in [3.63, 3.8) is 0 Å². The van der Waals surface area contributed by atoms with Crippen LogP contribution in [-0.4, -0.2) is 27.4 Å². The third-order valence-corrected chi connectivity index (χ3v) is 8.02. The van der Waals surface area contributed by atoms with Crippen LogP contribution in [0, 0.1) is 28.6 Å². The first-order chi connectivity index (χ1) is 15.4. The van der Waals surface area contributed by atoms with Crippen molar-refractivity contribution in [1.82, 2.24) is 0 Å². The predicted molar refractivity (Wildman–Crippen MR) is 124 cm³/mol. The zero-order valence-corrected chi connectivity index (χ0v) is 19.4. The molecule has 0 saturated heterocycles. The van der Waals surface area contributed by atoms with Crippen molar-refractivity contribution in [2.75, 3.05) is 0 Å². The molecular weight excluding hydrogens is 402 g/mol. The topological polar surface area (TPSA) is 102 Å². The Labute approximate surface area is 192 Å². The van der Waals surface area contributed by atoms with Gasteiger partial charge in [0.2, 0.25) is 0 Å². The van der Waals surface area contributed by atoms with Crippen LogP contribution in [0.3, 0.4) is 0 Å². The van der Waals surface area contributed by atoms with Gasteiger partial charge in [0, 0.05) is 17.8 Å². The minimum atomic E-state index is -0.752. The van der Waals surface area contributed by atoms with Crippen molar-refractivity contribution < 1.29 is 20.1 Å². The van der Waals surface area contributed by atoms with E-state index in [1.54, 1.807) is 0 Å². The Kier molecular flexibility index (Phi) is 8.73. The maximum atomic E-state index is 11.2. The molecule has 3 N–H and O–H groups in total. The van der Waals surface area contributed by atoms with E-state index in [9.17, 15) is 20.3 Å². The summed E-state index contributed by atoms with van der Waals surface area (Å²) in [5.41, 5.74) is 1.97. The molecule has 1 aromatic rings. The molecule has 32 heavy (non-hydrogen) atoms. The zero-order chi connectivity index (χ0) is 23.1. The van der Waals surface area contributed by atoms with E-state index >= 15 is 0 Å². The van der Waals surface area contributed by atoms with Gasteiger partial charge in [0.05, 0.1) is 24.2 Å². The number of rotatable bonds is 12. The summed E-state index contributed by atoms with van der Waals surface area (Å²) in [5, 5.41) is 40.6. The summed E-state index contributed by atoms with van der Waals surface area (Å²) in [5.74, 6) is -0.914. The molecule has 3 rings (SSSR count). The molecule has 176 valence electrons. The molecule has 2 saturated carbocycles. The fraction of sp³-hybridized carbons (Fsp3) is 0.704. The highest BCUT2D eigenvalue weighted by Gasteiger charge is 2.45. The average Bonchev–Trinajstić information content (AvgIpc) is 3.07. The number of benzene rings is 1. The van der Waals surface area contributed by atoms with Gasteiger partial charge in [0.1, 0.15) is 0 Å². The molecule has 0 spiro atoms. The van der Waals surface area contributed by atoms with Gasteiger partial charge in [-0.25, -0.2) is 0 Å². The van der Waals surface area contributed by atoms with Gasteiger partial charge in [-0.15, -0.1) is 0 Å². The number of aliphatic hydroxyl groups is 2. The second kappa shape index (κ2) is 11.3. The number of carbonyl (C=O) groups is 1. The zero-order valence-electron chi connectivity index (χ0n) is 19.4. The monoisotopic (exact) mass is 441 g/mol. The van der Waals surface area contributed by atoms with Gasteiger partial charge < -0.3 is 15.3 Å². The number of nitriles is 1. The van der Waals surface area contributed by atoms with Crippen molar-refractivity contribution in [3.05, 3.63) is 35.4 Å². The van der Waals surface area contributed by atoms with E-state index < -0.39 is 18.2 Å². The Morgan fingerprint density at radius 3 is 2.62 bits per heavy atom. The summed E-state index contributed by atoms with van der Waals surface area (Å²) in [6.07, 6.45) is 9.41. The molecule has 0 amide bonds. The van der Waals surface area contributed by atoms with Gasteiger partial charge in [-0.3, -0.25) is 4.79 Å². The van der Waals surface area contributed by atoms with Crippen LogP contribution < -0.4 is 0 Å². The minimum absolute atomic E-state index is 0.00773. The Balaban J connectivity index is 1.70. The summed E-state index contributed by atoms with van der Waals surface area (Å²) in [7, 11) is 0. The fourth-order valence-corrected chi connectivity index (χ4v) is 6.20. The third kappa shape index (κ3) is 5.53. The Hall–Kier alpha value is -1.90. The van der Waals surface area contributed by atoms with E-state index in [4.69, 9.17) is 5.11 Å². The maximum Gasteiger partial charge on any atom is 0.303 e. The van der Waals surface area contributed by atoms with Crippen LogP contribution in [0.5, 0.6) is 0 Å². The van der Waals surface area contributed by atoms with Crippen molar-refractivity contribution in [2.45, 2.75) is 102 Å². The first-order valence-corrected chi connectivity index (χ1v) is 12.5.